The summed E-state index contributed by atoms with van der Waals surface area (Å²) in [5.74, 6) is -0.264. The molecule has 21 heavy (non-hydrogen) atoms. The molecule has 0 bridgehead atoms. The largest absolute Gasteiger partial charge is 0.396 e. The fourth-order valence-electron chi connectivity index (χ4n) is 3.01. The van der Waals surface area contributed by atoms with Crippen LogP contribution < -0.4 is 11.5 Å². The number of nitrogens with two attached hydrogens (primary N) is 2. The van der Waals surface area contributed by atoms with Crippen molar-refractivity contribution in [3.8, 4) is 0 Å². The second kappa shape index (κ2) is 4.52. The van der Waals surface area contributed by atoms with E-state index in [0.717, 1.165) is 0 Å². The number of hydrogen-bond acceptors (Lipinski definition) is 8. The van der Waals surface area contributed by atoms with Gasteiger partial charge in [-0.1, -0.05) is 0 Å². The first-order valence-electron chi connectivity index (χ1n) is 6.63. The van der Waals surface area contributed by atoms with Gasteiger partial charge in [0.1, 0.15) is 11.6 Å². The van der Waals surface area contributed by atoms with E-state index in [2.05, 4.69) is 15.0 Å². The third-order valence-corrected chi connectivity index (χ3v) is 4.36. The number of anilines is 2. The number of nitrogens with zero attached hydrogens (tertiary/aromatic N) is 4. The SMILES string of the molecule is CC1(O)C(O)[C@H](n2cnc3c(N)nc(N)nc32)C[C@@H]1CO. The molecule has 1 saturated carbocycles. The average molecular weight is 294 g/mol. The van der Waals surface area contributed by atoms with Gasteiger partial charge in [0.25, 0.3) is 0 Å². The summed E-state index contributed by atoms with van der Waals surface area (Å²) in [5, 5.41) is 30.1. The number of fused-ring (bicyclic) bond motifs is 1. The summed E-state index contributed by atoms with van der Waals surface area (Å²) in [6.45, 7) is 1.29. The molecule has 2 aromatic heterocycles. The highest BCUT2D eigenvalue weighted by molar-refractivity contribution is 5.82. The predicted molar refractivity (Wildman–Crippen MR) is 75.0 cm³/mol. The third kappa shape index (κ3) is 1.93. The zero-order valence-corrected chi connectivity index (χ0v) is 11.5. The van der Waals surface area contributed by atoms with Crippen LogP contribution >= 0.6 is 0 Å². The van der Waals surface area contributed by atoms with Gasteiger partial charge in [0.15, 0.2) is 11.5 Å². The van der Waals surface area contributed by atoms with Crippen molar-refractivity contribution in [1.82, 2.24) is 19.5 Å². The van der Waals surface area contributed by atoms with Crippen LogP contribution in [-0.2, 0) is 0 Å². The molecule has 9 nitrogen and oxygen atoms in total. The van der Waals surface area contributed by atoms with Crippen LogP contribution in [0.15, 0.2) is 6.33 Å². The van der Waals surface area contributed by atoms with E-state index in [0.29, 0.717) is 17.6 Å². The van der Waals surface area contributed by atoms with Gasteiger partial charge in [0.05, 0.1) is 18.0 Å². The highest BCUT2D eigenvalue weighted by atomic mass is 16.3. The lowest BCUT2D eigenvalue weighted by Gasteiger charge is -2.28. The molecule has 2 unspecified atom stereocenters. The van der Waals surface area contributed by atoms with E-state index in [1.54, 1.807) is 4.57 Å². The smallest absolute Gasteiger partial charge is 0.224 e. The molecule has 3 rings (SSSR count). The topological polar surface area (TPSA) is 156 Å². The van der Waals surface area contributed by atoms with Crippen LogP contribution in [0.4, 0.5) is 11.8 Å². The second-order valence-electron chi connectivity index (χ2n) is 5.64. The zero-order chi connectivity index (χ0) is 15.4. The maximum atomic E-state index is 10.4. The molecular weight excluding hydrogens is 276 g/mol. The fourth-order valence-corrected chi connectivity index (χ4v) is 3.01. The normalized spacial score (nSPS) is 32.9. The van der Waals surface area contributed by atoms with Crippen molar-refractivity contribution in [3.63, 3.8) is 0 Å². The Morgan fingerprint density at radius 2 is 2.14 bits per heavy atom. The maximum Gasteiger partial charge on any atom is 0.224 e. The van der Waals surface area contributed by atoms with Crippen LogP contribution in [0.1, 0.15) is 19.4 Å². The molecule has 0 aromatic carbocycles. The molecule has 4 atom stereocenters. The van der Waals surface area contributed by atoms with Gasteiger partial charge in [0.2, 0.25) is 5.95 Å². The van der Waals surface area contributed by atoms with Crippen molar-refractivity contribution in [2.45, 2.75) is 31.1 Å². The van der Waals surface area contributed by atoms with E-state index in [1.807, 2.05) is 0 Å². The van der Waals surface area contributed by atoms with Crippen LogP contribution in [-0.4, -0.2) is 53.2 Å². The molecule has 1 aliphatic rings. The lowest BCUT2D eigenvalue weighted by molar-refractivity contribution is -0.0840. The van der Waals surface area contributed by atoms with Crippen molar-refractivity contribution < 1.29 is 15.3 Å². The molecule has 2 heterocycles. The number of aliphatic hydroxyl groups is 3. The summed E-state index contributed by atoms with van der Waals surface area (Å²) in [7, 11) is 0. The Labute approximate surface area is 120 Å². The quantitative estimate of drug-likeness (QED) is 0.455. The van der Waals surface area contributed by atoms with Crippen LogP contribution in [0.25, 0.3) is 11.2 Å². The van der Waals surface area contributed by atoms with E-state index in [4.69, 9.17) is 11.5 Å². The highest BCUT2D eigenvalue weighted by Gasteiger charge is 2.51. The molecular formula is C12H18N6O3. The summed E-state index contributed by atoms with van der Waals surface area (Å²) < 4.78 is 1.62. The minimum absolute atomic E-state index is 0.0136. The van der Waals surface area contributed by atoms with Crippen LogP contribution in [0.3, 0.4) is 0 Å². The lowest BCUT2D eigenvalue weighted by Crippen LogP contribution is -2.43. The molecule has 0 saturated heterocycles. The number of hydrogen-bond donors (Lipinski definition) is 5. The Bertz CT molecular complexity index is 685. The van der Waals surface area contributed by atoms with Crippen LogP contribution in [0, 0.1) is 5.92 Å². The predicted octanol–water partition coefficient (Wildman–Crippen LogP) is -1.34. The summed E-state index contributed by atoms with van der Waals surface area (Å²) in [4.78, 5) is 12.1. The van der Waals surface area contributed by atoms with Gasteiger partial charge in [-0.15, -0.1) is 0 Å². The maximum absolute atomic E-state index is 10.4. The molecule has 114 valence electrons. The second-order valence-corrected chi connectivity index (χ2v) is 5.64. The van der Waals surface area contributed by atoms with Gasteiger partial charge >= 0.3 is 0 Å². The number of imidazole rings is 1. The number of aromatic nitrogens is 4. The Kier molecular flexibility index (Phi) is 3.01. The molecule has 0 aliphatic heterocycles. The first-order valence-corrected chi connectivity index (χ1v) is 6.63. The minimum atomic E-state index is -1.39. The Balaban J connectivity index is 2.10. The number of nitrogen functional groups attached to an aromatic ring is 2. The van der Waals surface area contributed by atoms with E-state index < -0.39 is 23.7 Å². The monoisotopic (exact) mass is 294 g/mol. The average Bonchev–Trinajstić information content (AvgIpc) is 2.91. The Morgan fingerprint density at radius 1 is 1.43 bits per heavy atom. The van der Waals surface area contributed by atoms with E-state index in [9.17, 15) is 15.3 Å². The molecule has 0 amide bonds. The van der Waals surface area contributed by atoms with Crippen molar-refractivity contribution in [2.24, 2.45) is 5.92 Å². The third-order valence-electron chi connectivity index (χ3n) is 4.36. The molecule has 1 fully saturated rings. The molecule has 7 N–H and O–H groups in total. The van der Waals surface area contributed by atoms with Gasteiger partial charge in [-0.25, -0.2) is 4.98 Å². The molecule has 0 spiro atoms. The van der Waals surface area contributed by atoms with Gasteiger partial charge in [-0.3, -0.25) is 0 Å². The van der Waals surface area contributed by atoms with Gasteiger partial charge in [-0.2, -0.15) is 9.97 Å². The molecule has 2 aromatic rings. The highest BCUT2D eigenvalue weighted by Crippen LogP contribution is 2.43. The number of aliphatic hydroxyl groups excluding tert-OH is 2. The van der Waals surface area contributed by atoms with E-state index >= 15 is 0 Å². The Hall–Kier alpha value is -1.97. The van der Waals surface area contributed by atoms with Crippen molar-refractivity contribution in [1.29, 1.82) is 0 Å². The van der Waals surface area contributed by atoms with E-state index in [-0.39, 0.29) is 18.4 Å². The van der Waals surface area contributed by atoms with Crippen molar-refractivity contribution in [3.05, 3.63) is 6.33 Å². The first-order chi connectivity index (χ1) is 9.86. The summed E-state index contributed by atoms with van der Waals surface area (Å²) in [6, 6.07) is -0.476. The fraction of sp³-hybridized carbons (Fsp3) is 0.583. The van der Waals surface area contributed by atoms with Gasteiger partial charge in [-0.05, 0) is 13.3 Å². The van der Waals surface area contributed by atoms with E-state index in [1.165, 1.54) is 13.3 Å². The minimum Gasteiger partial charge on any atom is -0.396 e. The van der Waals surface area contributed by atoms with Crippen molar-refractivity contribution in [2.75, 3.05) is 18.1 Å². The standard InChI is InChI=1S/C12H18N6O3/c1-12(21)5(3-19)2-6(8(12)20)18-4-15-7-9(13)16-11(14)17-10(7)18/h4-6,8,19-21H,2-3H2,1H3,(H4,13,14,16,17)/t5-,6-,8?,12?/m1/s1. The molecule has 0 radical (unpaired) electrons. The first kappa shape index (κ1) is 14.0. The summed E-state index contributed by atoms with van der Waals surface area (Å²) in [5.41, 5.74) is 10.8. The van der Waals surface area contributed by atoms with Gasteiger partial charge in [0, 0.05) is 12.5 Å². The van der Waals surface area contributed by atoms with Gasteiger partial charge < -0.3 is 31.4 Å². The van der Waals surface area contributed by atoms with Crippen LogP contribution in [0.2, 0.25) is 0 Å². The zero-order valence-electron chi connectivity index (χ0n) is 11.5. The Morgan fingerprint density at radius 3 is 2.76 bits per heavy atom. The van der Waals surface area contributed by atoms with Crippen LogP contribution in [0.5, 0.6) is 0 Å². The molecule has 1 aliphatic carbocycles. The summed E-state index contributed by atoms with van der Waals surface area (Å²) >= 11 is 0. The summed E-state index contributed by atoms with van der Waals surface area (Å²) in [6.07, 6.45) is 0.809. The number of rotatable bonds is 2. The lowest BCUT2D eigenvalue weighted by atomic mass is 9.92. The van der Waals surface area contributed by atoms with Crippen molar-refractivity contribution >= 4 is 22.9 Å². The molecule has 9 heteroatoms.